The summed E-state index contributed by atoms with van der Waals surface area (Å²) in [6.45, 7) is 1.97. The largest absolute Gasteiger partial charge is 0.477 e. The highest BCUT2D eigenvalue weighted by atomic mass is 16.4. The number of aryl methyl sites for hydroxylation is 2. The molecular formula is C15H13N3O3. The first-order valence-corrected chi connectivity index (χ1v) is 6.37. The first-order valence-electron chi connectivity index (χ1n) is 6.37. The van der Waals surface area contributed by atoms with Gasteiger partial charge in [0.15, 0.2) is 0 Å². The van der Waals surface area contributed by atoms with Crippen molar-refractivity contribution >= 4 is 11.6 Å². The minimum absolute atomic E-state index is 0.0665. The van der Waals surface area contributed by atoms with Crippen LogP contribution < -0.4 is 5.56 Å². The Kier molecular flexibility index (Phi) is 2.86. The Morgan fingerprint density at radius 3 is 2.67 bits per heavy atom. The van der Waals surface area contributed by atoms with Crippen molar-refractivity contribution in [3.05, 3.63) is 58.0 Å². The number of aromatic carboxylic acids is 1. The van der Waals surface area contributed by atoms with E-state index in [1.807, 2.05) is 31.2 Å². The third kappa shape index (κ3) is 2.10. The van der Waals surface area contributed by atoms with Crippen molar-refractivity contribution in [3.8, 4) is 11.3 Å². The lowest BCUT2D eigenvalue weighted by molar-refractivity contribution is 0.0685. The Balaban J connectivity index is 2.30. The van der Waals surface area contributed by atoms with Crippen LogP contribution in [0, 0.1) is 6.92 Å². The number of benzene rings is 1. The molecule has 0 bridgehead atoms. The topological polar surface area (TPSA) is 76.6 Å². The molecule has 0 aliphatic rings. The van der Waals surface area contributed by atoms with Crippen molar-refractivity contribution in [1.82, 2.24) is 14.2 Å². The summed E-state index contributed by atoms with van der Waals surface area (Å²) in [6, 6.07) is 10.5. The average molecular weight is 283 g/mol. The normalized spacial score (nSPS) is 11.0. The number of fused-ring (bicyclic) bond motifs is 1. The number of carboxylic acid groups (broad SMARTS) is 1. The van der Waals surface area contributed by atoms with Crippen LogP contribution in [0.5, 0.6) is 0 Å². The highest BCUT2D eigenvalue weighted by molar-refractivity contribution is 5.86. The molecule has 0 amide bonds. The van der Waals surface area contributed by atoms with E-state index < -0.39 is 11.5 Å². The fraction of sp³-hybridized carbons (Fsp3) is 0.133. The molecule has 0 aliphatic carbocycles. The molecule has 2 aromatic heterocycles. The fourth-order valence-corrected chi connectivity index (χ4v) is 2.32. The molecule has 2 heterocycles. The van der Waals surface area contributed by atoms with Gasteiger partial charge in [-0.2, -0.15) is 9.61 Å². The molecule has 0 atom stereocenters. The van der Waals surface area contributed by atoms with Crippen molar-refractivity contribution in [1.29, 1.82) is 0 Å². The van der Waals surface area contributed by atoms with Crippen LogP contribution in [0.25, 0.3) is 16.9 Å². The molecule has 1 N–H and O–H groups in total. The molecule has 0 spiro atoms. The standard InChI is InChI=1S/C15H13N3O3/c1-9-4-3-5-10(6-9)11-7-13-17(2)12(15(20)21)8-14(19)18(13)16-11/h3-8H,1-2H3,(H,20,21). The summed E-state index contributed by atoms with van der Waals surface area (Å²) in [5.74, 6) is -1.14. The minimum Gasteiger partial charge on any atom is -0.477 e. The summed E-state index contributed by atoms with van der Waals surface area (Å²) < 4.78 is 2.65. The van der Waals surface area contributed by atoms with E-state index in [9.17, 15) is 9.59 Å². The monoisotopic (exact) mass is 283 g/mol. The molecule has 3 aromatic rings. The molecule has 0 saturated heterocycles. The molecule has 106 valence electrons. The molecule has 0 saturated carbocycles. The zero-order valence-corrected chi connectivity index (χ0v) is 11.6. The van der Waals surface area contributed by atoms with E-state index in [0.29, 0.717) is 11.3 Å². The zero-order valence-electron chi connectivity index (χ0n) is 11.6. The number of aromatic nitrogens is 3. The van der Waals surface area contributed by atoms with Crippen molar-refractivity contribution < 1.29 is 9.90 Å². The van der Waals surface area contributed by atoms with Gasteiger partial charge in [0.2, 0.25) is 0 Å². The quantitative estimate of drug-likeness (QED) is 0.776. The summed E-state index contributed by atoms with van der Waals surface area (Å²) in [7, 11) is 1.60. The van der Waals surface area contributed by atoms with Gasteiger partial charge in [0.1, 0.15) is 11.3 Å². The summed E-state index contributed by atoms with van der Waals surface area (Å²) >= 11 is 0. The van der Waals surface area contributed by atoms with Crippen molar-refractivity contribution in [2.45, 2.75) is 6.92 Å². The van der Waals surface area contributed by atoms with Crippen LogP contribution in [-0.2, 0) is 7.05 Å². The van der Waals surface area contributed by atoms with E-state index in [1.165, 1.54) is 9.08 Å². The van der Waals surface area contributed by atoms with E-state index in [1.54, 1.807) is 13.1 Å². The SMILES string of the molecule is Cc1cccc(-c2cc3n(C)c(C(=O)O)cc(=O)n3n2)c1. The molecule has 1 aromatic carbocycles. The van der Waals surface area contributed by atoms with Gasteiger partial charge in [-0.05, 0) is 13.0 Å². The second-order valence-electron chi connectivity index (χ2n) is 4.90. The molecule has 6 nitrogen and oxygen atoms in total. The maximum atomic E-state index is 12.0. The van der Waals surface area contributed by atoms with Crippen molar-refractivity contribution in [2.24, 2.45) is 7.05 Å². The third-order valence-corrected chi connectivity index (χ3v) is 3.40. The lowest BCUT2D eigenvalue weighted by atomic mass is 10.1. The minimum atomic E-state index is -1.14. The van der Waals surface area contributed by atoms with Gasteiger partial charge in [0.05, 0.1) is 5.69 Å². The number of carbonyl (C=O) groups is 1. The Hall–Kier alpha value is -2.89. The number of carboxylic acids is 1. The van der Waals surface area contributed by atoms with Gasteiger partial charge in [0.25, 0.3) is 5.56 Å². The van der Waals surface area contributed by atoms with E-state index in [2.05, 4.69) is 5.10 Å². The maximum absolute atomic E-state index is 12.0. The van der Waals surface area contributed by atoms with Crippen LogP contribution in [0.2, 0.25) is 0 Å². The van der Waals surface area contributed by atoms with Gasteiger partial charge >= 0.3 is 5.97 Å². The maximum Gasteiger partial charge on any atom is 0.352 e. The Morgan fingerprint density at radius 2 is 2.00 bits per heavy atom. The van der Waals surface area contributed by atoms with Gasteiger partial charge in [-0.15, -0.1) is 0 Å². The Labute approximate surface area is 119 Å². The van der Waals surface area contributed by atoms with Crippen molar-refractivity contribution in [2.75, 3.05) is 0 Å². The first-order chi connectivity index (χ1) is 9.97. The van der Waals surface area contributed by atoms with Gasteiger partial charge in [-0.3, -0.25) is 4.79 Å². The third-order valence-electron chi connectivity index (χ3n) is 3.40. The van der Waals surface area contributed by atoms with E-state index in [4.69, 9.17) is 5.11 Å². The van der Waals surface area contributed by atoms with Crippen LogP contribution in [0.1, 0.15) is 16.1 Å². The molecule has 0 fully saturated rings. The van der Waals surface area contributed by atoms with Crippen LogP contribution in [0.15, 0.2) is 41.2 Å². The van der Waals surface area contributed by atoms with Crippen LogP contribution in [0.3, 0.4) is 0 Å². The molecular weight excluding hydrogens is 270 g/mol. The second-order valence-corrected chi connectivity index (χ2v) is 4.90. The van der Waals surface area contributed by atoms with Crippen LogP contribution in [-0.4, -0.2) is 25.3 Å². The summed E-state index contributed by atoms with van der Waals surface area (Å²) in [6.07, 6.45) is 0. The molecule has 3 rings (SSSR count). The van der Waals surface area contributed by atoms with Gasteiger partial charge < -0.3 is 9.67 Å². The number of hydrogen-bond donors (Lipinski definition) is 1. The highest BCUT2D eigenvalue weighted by Gasteiger charge is 2.14. The first kappa shape index (κ1) is 13.1. The predicted molar refractivity (Wildman–Crippen MR) is 77.6 cm³/mol. The molecule has 0 radical (unpaired) electrons. The van der Waals surface area contributed by atoms with E-state index in [0.717, 1.165) is 17.2 Å². The lowest BCUT2D eigenvalue weighted by Crippen LogP contribution is -2.21. The summed E-state index contributed by atoms with van der Waals surface area (Å²) in [5.41, 5.74) is 2.52. The van der Waals surface area contributed by atoms with E-state index in [-0.39, 0.29) is 5.69 Å². The number of rotatable bonds is 2. The fourth-order valence-electron chi connectivity index (χ4n) is 2.32. The van der Waals surface area contributed by atoms with Crippen LogP contribution >= 0.6 is 0 Å². The molecule has 0 unspecified atom stereocenters. The lowest BCUT2D eigenvalue weighted by Gasteiger charge is -2.05. The number of hydrogen-bond acceptors (Lipinski definition) is 3. The molecule has 0 aliphatic heterocycles. The predicted octanol–water partition coefficient (Wildman–Crippen LogP) is 1.71. The Morgan fingerprint density at radius 1 is 1.24 bits per heavy atom. The molecule has 21 heavy (non-hydrogen) atoms. The van der Waals surface area contributed by atoms with Crippen LogP contribution in [0.4, 0.5) is 0 Å². The van der Waals surface area contributed by atoms with Gasteiger partial charge in [-0.1, -0.05) is 23.8 Å². The summed E-state index contributed by atoms with van der Waals surface area (Å²) in [4.78, 5) is 23.1. The average Bonchev–Trinajstić information content (AvgIpc) is 2.88. The second kappa shape index (κ2) is 4.59. The summed E-state index contributed by atoms with van der Waals surface area (Å²) in [5, 5.41) is 13.4. The number of nitrogens with zero attached hydrogens (tertiary/aromatic N) is 3. The van der Waals surface area contributed by atoms with Crippen molar-refractivity contribution in [3.63, 3.8) is 0 Å². The Bertz CT molecular complexity index is 922. The zero-order chi connectivity index (χ0) is 15.1. The van der Waals surface area contributed by atoms with Gasteiger partial charge in [-0.25, -0.2) is 4.79 Å². The smallest absolute Gasteiger partial charge is 0.352 e. The van der Waals surface area contributed by atoms with Gasteiger partial charge in [0, 0.05) is 24.7 Å². The van der Waals surface area contributed by atoms with E-state index >= 15 is 0 Å². The highest BCUT2D eigenvalue weighted by Crippen LogP contribution is 2.20. The molecule has 6 heteroatoms.